The first-order valence-electron chi connectivity index (χ1n) is 8.81. The fourth-order valence-electron chi connectivity index (χ4n) is 3.33. The van der Waals surface area contributed by atoms with E-state index in [0.717, 1.165) is 24.3 Å². The van der Waals surface area contributed by atoms with Gasteiger partial charge in [0, 0.05) is 5.56 Å². The van der Waals surface area contributed by atoms with Gasteiger partial charge in [-0.2, -0.15) is 8.42 Å². The number of benzene rings is 1. The van der Waals surface area contributed by atoms with Crippen molar-refractivity contribution in [2.24, 2.45) is 0 Å². The minimum Gasteiger partial charge on any atom is -0.387 e. The fourth-order valence-corrected chi connectivity index (χ4v) is 3.80. The Morgan fingerprint density at radius 3 is 2.44 bits per heavy atom. The van der Waals surface area contributed by atoms with Crippen LogP contribution in [0, 0.1) is 0 Å². The highest BCUT2D eigenvalue weighted by Crippen LogP contribution is 2.34. The van der Waals surface area contributed by atoms with E-state index in [2.05, 4.69) is 15.0 Å². The molecule has 5 N–H and O–H groups in total. The quantitative estimate of drug-likeness (QED) is 0.263. The lowest BCUT2D eigenvalue weighted by Gasteiger charge is -2.20. The number of anilines is 1. The minimum absolute atomic E-state index is 0. The third kappa shape index (κ3) is 4.03. The number of nitrogen functional groups attached to an aromatic ring is 1. The highest BCUT2D eigenvalue weighted by molar-refractivity contribution is 7.86. The highest BCUT2D eigenvalue weighted by atomic mass is 35.5. The average Bonchev–Trinajstić information content (AvgIpc) is 3.29. The van der Waals surface area contributed by atoms with E-state index in [1.165, 1.54) is 17.2 Å². The van der Waals surface area contributed by atoms with Crippen LogP contribution in [0.3, 0.4) is 0 Å². The normalized spacial score (nSPS) is 24.2. The molecule has 3 aromatic rings. The third-order valence-electron chi connectivity index (χ3n) is 4.94. The summed E-state index contributed by atoms with van der Waals surface area (Å²) in [5, 5.41) is 31.2. The molecular weight excluding hydrogens is 473 g/mol. The second kappa shape index (κ2) is 8.65. The number of aromatic nitrogens is 4. The van der Waals surface area contributed by atoms with E-state index in [-0.39, 0.29) is 35.0 Å². The molecule has 12 nitrogen and oxygen atoms in total. The Kier molecular flexibility index (Phi) is 6.46. The monoisotopic (exact) mass is 489 g/mol. The number of ketones is 1. The summed E-state index contributed by atoms with van der Waals surface area (Å²) in [5.41, 5.74) is 6.01. The Morgan fingerprint density at radius 2 is 1.81 bits per heavy atom. The number of halogens is 2. The van der Waals surface area contributed by atoms with Crippen LogP contribution in [0.4, 0.5) is 9.70 Å². The Bertz CT molecular complexity index is 1260. The van der Waals surface area contributed by atoms with Gasteiger partial charge < -0.3 is 25.8 Å². The molecule has 0 spiro atoms. The van der Waals surface area contributed by atoms with Gasteiger partial charge in [0.2, 0.25) is 0 Å². The lowest BCUT2D eigenvalue weighted by Crippen LogP contribution is -2.42. The second-order valence-electron chi connectivity index (χ2n) is 6.83. The van der Waals surface area contributed by atoms with Crippen LogP contribution in [0.5, 0.6) is 0 Å². The van der Waals surface area contributed by atoms with E-state index >= 15 is 0 Å². The number of hydrogen-bond acceptors (Lipinski definition) is 11. The summed E-state index contributed by atoms with van der Waals surface area (Å²) >= 11 is 0. The molecule has 2 aromatic heterocycles. The number of carbonyl (C=O) groups is 1. The Labute approximate surface area is 186 Å². The van der Waals surface area contributed by atoms with Crippen molar-refractivity contribution in [3.63, 3.8) is 0 Å². The SMILES string of the molecule is Cl.Nc1ncnc2c1ncn2[C@@H]1O[C@H](C(O)C(=O)c2ccc(S(=O)(=O)F)cc2)[C@@H](O)[C@H]1O. The van der Waals surface area contributed by atoms with Gasteiger partial charge in [0.15, 0.2) is 23.5 Å². The minimum atomic E-state index is -4.95. The molecule has 1 unspecified atom stereocenters. The van der Waals surface area contributed by atoms with Gasteiger partial charge in [0.05, 0.1) is 11.2 Å². The standard InChI is InChI=1S/C17H16FN5O7S.ClH/c18-31(28,29)8-3-1-7(2-4-8)10(24)11(25)14-12(26)13(27)17(30-14)23-6-22-9-15(19)20-5-21-16(9)23;/h1-6,11-14,17,25-27H,(H2,19,20,21);1H/t11?,12-,13+,14+,17+;/m0./s1. The zero-order chi connectivity index (χ0) is 22.5. The molecule has 3 heterocycles. The van der Waals surface area contributed by atoms with E-state index in [0.29, 0.717) is 0 Å². The van der Waals surface area contributed by atoms with Gasteiger partial charge in [-0.1, -0.05) is 0 Å². The number of carbonyl (C=O) groups excluding carboxylic acids is 1. The molecule has 0 saturated carbocycles. The number of hydrogen-bond donors (Lipinski definition) is 4. The molecule has 4 rings (SSSR count). The van der Waals surface area contributed by atoms with Crippen molar-refractivity contribution in [2.75, 3.05) is 5.73 Å². The maximum Gasteiger partial charge on any atom is 0.332 e. The van der Waals surface area contributed by atoms with Crippen LogP contribution < -0.4 is 5.73 Å². The summed E-state index contributed by atoms with van der Waals surface area (Å²) in [4.78, 5) is 23.8. The van der Waals surface area contributed by atoms with Crippen molar-refractivity contribution in [3.8, 4) is 0 Å². The molecule has 32 heavy (non-hydrogen) atoms. The first-order valence-corrected chi connectivity index (χ1v) is 10.2. The molecule has 1 fully saturated rings. The Hall–Kier alpha value is -2.75. The first kappa shape index (κ1) is 23.9. The zero-order valence-electron chi connectivity index (χ0n) is 15.9. The maximum atomic E-state index is 13.0. The molecular formula is C17H17ClFN5O7S. The van der Waals surface area contributed by atoms with Crippen LogP contribution in [0.2, 0.25) is 0 Å². The van der Waals surface area contributed by atoms with Crippen molar-refractivity contribution in [2.45, 2.75) is 35.5 Å². The van der Waals surface area contributed by atoms with Crippen molar-refractivity contribution in [1.82, 2.24) is 19.5 Å². The van der Waals surface area contributed by atoms with Crippen molar-refractivity contribution < 1.29 is 37.2 Å². The van der Waals surface area contributed by atoms with E-state index < -0.39 is 51.5 Å². The van der Waals surface area contributed by atoms with Gasteiger partial charge in [-0.3, -0.25) is 9.36 Å². The van der Waals surface area contributed by atoms with Crippen LogP contribution in [0.15, 0.2) is 41.8 Å². The maximum absolute atomic E-state index is 13.0. The second-order valence-corrected chi connectivity index (χ2v) is 8.17. The highest BCUT2D eigenvalue weighted by Gasteiger charge is 2.49. The molecule has 1 aromatic carbocycles. The predicted molar refractivity (Wildman–Crippen MR) is 108 cm³/mol. The molecule has 1 aliphatic rings. The van der Waals surface area contributed by atoms with Crippen LogP contribution in [0.25, 0.3) is 11.2 Å². The molecule has 172 valence electrons. The van der Waals surface area contributed by atoms with Gasteiger partial charge in [0.25, 0.3) is 0 Å². The number of nitrogens with two attached hydrogens (primary N) is 1. The van der Waals surface area contributed by atoms with E-state index in [1.807, 2.05) is 0 Å². The Balaban J connectivity index is 0.00000289. The Morgan fingerprint density at radius 1 is 1.16 bits per heavy atom. The topological polar surface area (TPSA) is 191 Å². The number of Topliss-reactive ketones (excluding diaryl/α,β-unsaturated/α-hetero) is 1. The molecule has 1 aliphatic heterocycles. The summed E-state index contributed by atoms with van der Waals surface area (Å²) in [5.74, 6) is -0.843. The molecule has 0 bridgehead atoms. The molecule has 0 aliphatic carbocycles. The number of fused-ring (bicyclic) bond motifs is 1. The summed E-state index contributed by atoms with van der Waals surface area (Å²) < 4.78 is 41.6. The molecule has 0 amide bonds. The molecule has 5 atom stereocenters. The summed E-state index contributed by atoms with van der Waals surface area (Å²) in [6, 6.07) is 3.74. The smallest absolute Gasteiger partial charge is 0.332 e. The lowest BCUT2D eigenvalue weighted by atomic mass is 9.98. The lowest BCUT2D eigenvalue weighted by molar-refractivity contribution is -0.0725. The van der Waals surface area contributed by atoms with Crippen LogP contribution in [-0.4, -0.2) is 73.5 Å². The van der Waals surface area contributed by atoms with Gasteiger partial charge in [-0.15, -0.1) is 16.3 Å². The number of rotatable bonds is 5. The van der Waals surface area contributed by atoms with Crippen LogP contribution >= 0.6 is 12.4 Å². The largest absolute Gasteiger partial charge is 0.387 e. The summed E-state index contributed by atoms with van der Waals surface area (Å²) in [6.45, 7) is 0. The van der Waals surface area contributed by atoms with Gasteiger partial charge in [-0.05, 0) is 24.3 Å². The van der Waals surface area contributed by atoms with Crippen LogP contribution in [-0.2, 0) is 15.0 Å². The number of aliphatic hydroxyl groups excluding tert-OH is 3. The van der Waals surface area contributed by atoms with E-state index in [4.69, 9.17) is 10.5 Å². The van der Waals surface area contributed by atoms with Crippen molar-refractivity contribution in [1.29, 1.82) is 0 Å². The predicted octanol–water partition coefficient (Wildman–Crippen LogP) is -0.649. The van der Waals surface area contributed by atoms with Gasteiger partial charge in [0.1, 0.15) is 36.3 Å². The van der Waals surface area contributed by atoms with Crippen LogP contribution in [0.1, 0.15) is 16.6 Å². The zero-order valence-corrected chi connectivity index (χ0v) is 17.5. The van der Waals surface area contributed by atoms with Gasteiger partial charge in [-0.25, -0.2) is 15.0 Å². The molecule has 1 saturated heterocycles. The third-order valence-corrected chi connectivity index (χ3v) is 5.77. The van der Waals surface area contributed by atoms with Gasteiger partial charge >= 0.3 is 10.2 Å². The number of imidazole rings is 1. The first-order chi connectivity index (χ1) is 14.6. The van der Waals surface area contributed by atoms with Crippen molar-refractivity contribution in [3.05, 3.63) is 42.5 Å². The molecule has 15 heteroatoms. The van der Waals surface area contributed by atoms with E-state index in [9.17, 15) is 32.4 Å². The number of nitrogens with zero attached hydrogens (tertiary/aromatic N) is 4. The fraction of sp³-hybridized carbons (Fsp3) is 0.294. The number of ether oxygens (including phenoxy) is 1. The average molecular weight is 490 g/mol. The summed E-state index contributed by atoms with van der Waals surface area (Å²) in [6.07, 6.45) is -5.49. The number of aliphatic hydroxyl groups is 3. The van der Waals surface area contributed by atoms with E-state index in [1.54, 1.807) is 0 Å². The summed E-state index contributed by atoms with van der Waals surface area (Å²) in [7, 11) is -4.95. The molecule has 0 radical (unpaired) electrons. The van der Waals surface area contributed by atoms with Crippen molar-refractivity contribution >= 4 is 45.4 Å².